The molecular weight excluding hydrogens is 620 g/mol. The van der Waals surface area contributed by atoms with E-state index in [1.165, 1.54) is 11.8 Å². The number of carbonyl (C=O) groups excluding carboxylic acids is 6. The molecule has 5 heterocycles. The fourth-order valence-corrected chi connectivity index (χ4v) is 6.98. The van der Waals surface area contributed by atoms with Gasteiger partial charge in [0.1, 0.15) is 17.1 Å². The van der Waals surface area contributed by atoms with Crippen molar-refractivity contribution in [3.05, 3.63) is 33.7 Å². The smallest absolute Gasteiger partial charge is 0.355 e. The number of nitrogens with two attached hydrogens (primary N) is 1. The number of thioether (sulfide) groups is 1. The highest BCUT2D eigenvalue weighted by Gasteiger charge is 2.55. The summed E-state index contributed by atoms with van der Waals surface area (Å²) in [6, 6.07) is -2.70. The van der Waals surface area contributed by atoms with Crippen molar-refractivity contribution in [2.75, 3.05) is 44.3 Å². The highest BCUT2D eigenvalue weighted by atomic mass is 32.2. The van der Waals surface area contributed by atoms with Crippen molar-refractivity contribution in [1.82, 2.24) is 29.8 Å². The van der Waals surface area contributed by atoms with E-state index in [2.05, 4.69) is 29.9 Å². The maximum absolute atomic E-state index is 13.4. The second-order valence-corrected chi connectivity index (χ2v) is 12.1. The number of amides is 3. The number of aromatic nitrogens is 2. The van der Waals surface area contributed by atoms with Crippen LogP contribution in [0, 0.1) is 4.91 Å². The lowest BCUT2D eigenvalue weighted by Crippen LogP contribution is -2.70. The number of carbonyl (C=O) groups is 6. The quantitative estimate of drug-likeness (QED) is 0.110. The number of β-lactam (4-membered cyclic amide) rings is 1. The Kier molecular flexibility index (Phi) is 9.35. The van der Waals surface area contributed by atoms with Gasteiger partial charge in [-0.15, -0.1) is 16.7 Å². The third kappa shape index (κ3) is 6.34. The minimum absolute atomic E-state index is 0.0280. The third-order valence-electron chi connectivity index (χ3n) is 7.33. The molecule has 3 fully saturated rings. The second kappa shape index (κ2) is 13.2. The number of nitrogen functional groups attached to an aromatic ring is 1. The molecular formula is C25H28N8O9S2. The molecule has 17 nitrogen and oxygen atoms in total. The molecule has 1 aromatic rings. The lowest BCUT2D eigenvalue weighted by atomic mass is 10.0. The Morgan fingerprint density at radius 3 is 2.68 bits per heavy atom. The van der Waals surface area contributed by atoms with Gasteiger partial charge >= 0.3 is 11.9 Å². The Balaban J connectivity index is 1.36. The van der Waals surface area contributed by atoms with E-state index in [0.717, 1.165) is 36.3 Å². The molecule has 4 atom stereocenters. The minimum atomic E-state index is -1.64. The van der Waals surface area contributed by atoms with E-state index in [1.54, 1.807) is 11.0 Å². The summed E-state index contributed by atoms with van der Waals surface area (Å²) < 4.78 is 13.7. The van der Waals surface area contributed by atoms with Gasteiger partial charge < -0.3 is 30.7 Å². The molecule has 4 aliphatic heterocycles. The van der Waals surface area contributed by atoms with E-state index in [1.807, 2.05) is 0 Å². The average molecular weight is 649 g/mol. The van der Waals surface area contributed by atoms with Crippen LogP contribution in [-0.4, -0.2) is 111 Å². The number of Topliss-reactive ketones (excluding diaryl/α,β-unsaturated/α-hetero) is 1. The van der Waals surface area contributed by atoms with Crippen LogP contribution in [-0.2, 0) is 38.2 Å². The van der Waals surface area contributed by atoms with Gasteiger partial charge in [-0.1, -0.05) is 0 Å². The van der Waals surface area contributed by atoms with Crippen LogP contribution in [0.15, 0.2) is 28.1 Å². The van der Waals surface area contributed by atoms with Crippen LogP contribution in [0.5, 0.6) is 0 Å². The first-order valence-electron chi connectivity index (χ1n) is 13.5. The molecule has 1 unspecified atom stereocenters. The number of hydrogen-bond donors (Lipinski definition) is 3. The predicted octanol–water partition coefficient (Wildman–Crippen LogP) is -1.22. The SMILES string of the molecule is CC(=O)OCC(=O)COC(=O)C1=C(C=C2CCN([C@@H]3CCNC3)C2=O)CS[C@@H]2[C@H](NC(=O)C(N=O)c3nsc(N)n3)C(=O)N12. The highest BCUT2D eigenvalue weighted by molar-refractivity contribution is 8.00. The summed E-state index contributed by atoms with van der Waals surface area (Å²) in [6.45, 7) is 1.83. The lowest BCUT2D eigenvalue weighted by molar-refractivity contribution is -0.155. The number of ether oxygens (including phenoxy) is 2. The first-order chi connectivity index (χ1) is 21.1. The zero-order chi connectivity index (χ0) is 31.5. The summed E-state index contributed by atoms with van der Waals surface area (Å²) in [5.41, 5.74) is 6.17. The molecule has 19 heteroatoms. The molecule has 0 saturated carbocycles. The molecule has 234 valence electrons. The summed E-state index contributed by atoms with van der Waals surface area (Å²) in [7, 11) is 0. The Morgan fingerprint density at radius 1 is 1.25 bits per heavy atom. The third-order valence-corrected chi connectivity index (χ3v) is 9.19. The number of fused-ring (bicyclic) bond motifs is 1. The number of allylic oxidation sites excluding steroid dienone is 1. The molecule has 4 N–H and O–H groups in total. The van der Waals surface area contributed by atoms with E-state index in [9.17, 15) is 33.7 Å². The van der Waals surface area contributed by atoms with Crippen molar-refractivity contribution >= 4 is 63.9 Å². The summed E-state index contributed by atoms with van der Waals surface area (Å²) in [4.78, 5) is 94.0. The van der Waals surface area contributed by atoms with Crippen molar-refractivity contribution in [3.63, 3.8) is 0 Å². The first-order valence-corrected chi connectivity index (χ1v) is 15.4. The van der Waals surface area contributed by atoms with Gasteiger partial charge in [0.05, 0.1) is 0 Å². The van der Waals surface area contributed by atoms with E-state index in [0.29, 0.717) is 30.7 Å². The minimum Gasteiger partial charge on any atom is -0.458 e. The molecule has 3 amide bonds. The van der Waals surface area contributed by atoms with E-state index in [-0.39, 0.29) is 34.4 Å². The molecule has 3 saturated heterocycles. The first kappa shape index (κ1) is 31.2. The number of ketones is 1. The van der Waals surface area contributed by atoms with Crippen LogP contribution < -0.4 is 16.4 Å². The number of anilines is 1. The monoisotopic (exact) mass is 648 g/mol. The van der Waals surface area contributed by atoms with Crippen LogP contribution >= 0.6 is 23.3 Å². The van der Waals surface area contributed by atoms with Gasteiger partial charge in [-0.2, -0.15) is 4.37 Å². The molecule has 4 aliphatic rings. The maximum Gasteiger partial charge on any atom is 0.355 e. The number of likely N-dealkylation sites (tertiary alicyclic amines) is 1. The lowest BCUT2D eigenvalue weighted by Gasteiger charge is -2.49. The number of rotatable bonds is 11. The number of nitroso groups, excluding NO2 is 1. The average Bonchev–Trinajstić information content (AvgIpc) is 3.76. The zero-order valence-electron chi connectivity index (χ0n) is 23.3. The normalized spacial score (nSPS) is 24.6. The predicted molar refractivity (Wildman–Crippen MR) is 153 cm³/mol. The van der Waals surface area contributed by atoms with E-state index in [4.69, 9.17) is 10.5 Å². The molecule has 0 bridgehead atoms. The largest absolute Gasteiger partial charge is 0.458 e. The van der Waals surface area contributed by atoms with Crippen LogP contribution in [0.25, 0.3) is 0 Å². The van der Waals surface area contributed by atoms with Gasteiger partial charge in [-0.3, -0.25) is 28.9 Å². The molecule has 0 radical (unpaired) electrons. The Labute approximate surface area is 258 Å². The van der Waals surface area contributed by atoms with Crippen molar-refractivity contribution in [3.8, 4) is 0 Å². The number of nitrogens with one attached hydrogen (secondary N) is 2. The van der Waals surface area contributed by atoms with Crippen molar-refractivity contribution in [1.29, 1.82) is 0 Å². The summed E-state index contributed by atoms with van der Waals surface area (Å²) in [5, 5.41) is 7.74. The molecule has 0 aromatic carbocycles. The van der Waals surface area contributed by atoms with Crippen LogP contribution in [0.4, 0.5) is 5.13 Å². The van der Waals surface area contributed by atoms with Gasteiger partial charge in [0, 0.05) is 48.9 Å². The highest BCUT2D eigenvalue weighted by Crippen LogP contribution is 2.42. The summed E-state index contributed by atoms with van der Waals surface area (Å²) >= 11 is 2.00. The zero-order valence-corrected chi connectivity index (χ0v) is 25.0. The van der Waals surface area contributed by atoms with Crippen LogP contribution in [0.3, 0.4) is 0 Å². The van der Waals surface area contributed by atoms with Gasteiger partial charge in [-0.25, -0.2) is 9.78 Å². The fraction of sp³-hybridized carbons (Fsp3) is 0.520. The van der Waals surface area contributed by atoms with Crippen molar-refractivity contribution in [2.45, 2.75) is 43.3 Å². The van der Waals surface area contributed by atoms with E-state index < -0.39 is 60.2 Å². The molecule has 44 heavy (non-hydrogen) atoms. The molecule has 0 spiro atoms. The Morgan fingerprint density at radius 2 is 2.02 bits per heavy atom. The molecule has 5 rings (SSSR count). The maximum atomic E-state index is 13.4. The Bertz CT molecular complexity index is 1470. The van der Waals surface area contributed by atoms with Crippen LogP contribution in [0.2, 0.25) is 0 Å². The van der Waals surface area contributed by atoms with Gasteiger partial charge in [0.2, 0.25) is 17.7 Å². The second-order valence-electron chi connectivity index (χ2n) is 10.2. The standard InChI is InChI=1S/C25H28N8O9S2/c1-11(34)41-8-15(35)9-42-24(39)18-13(6-12-3-5-32(21(12)37)14-2-4-27-7-14)10-43-23-17(22(38)33(18)23)28-20(36)16(30-40)19-29-25(26)44-31-19/h6,14,16-17,23,27H,2-5,7-10H2,1H3,(H,28,36)(H2,26,29,31)/t14-,16?,17-,23-/m1/s1. The van der Waals surface area contributed by atoms with Gasteiger partial charge in [0.15, 0.2) is 24.2 Å². The van der Waals surface area contributed by atoms with Crippen molar-refractivity contribution < 1.29 is 38.2 Å². The topological polar surface area (TPSA) is 233 Å². The number of nitrogens with zero attached hydrogens (tertiary/aromatic N) is 5. The number of hydrogen-bond acceptors (Lipinski definition) is 16. The summed E-state index contributed by atoms with van der Waals surface area (Å²) in [6.07, 6.45) is 2.85. The van der Waals surface area contributed by atoms with E-state index >= 15 is 0 Å². The van der Waals surface area contributed by atoms with Crippen LogP contribution in [0.1, 0.15) is 31.6 Å². The molecule has 1 aromatic heterocycles. The summed E-state index contributed by atoms with van der Waals surface area (Å²) in [5.74, 6) is -4.19. The number of esters is 2. The van der Waals surface area contributed by atoms with Gasteiger partial charge in [-0.05, 0) is 36.2 Å². The fourth-order valence-electron chi connectivity index (χ4n) is 5.22. The Hall–Kier alpha value is -4.23. The van der Waals surface area contributed by atoms with Crippen molar-refractivity contribution in [2.24, 2.45) is 5.18 Å². The molecule has 0 aliphatic carbocycles. The van der Waals surface area contributed by atoms with Gasteiger partial charge in [0.25, 0.3) is 11.8 Å².